The average Bonchev–Trinajstić information content (AvgIpc) is 3.09. The third-order valence-electron chi connectivity index (χ3n) is 3.55. The number of hydrogen-bond donors (Lipinski definition) is 0. The number of benzene rings is 2. The Hall–Kier alpha value is -2.44. The van der Waals surface area contributed by atoms with Crippen LogP contribution >= 0.6 is 23.2 Å². The topological polar surface area (TPSA) is 65.2 Å². The van der Waals surface area contributed by atoms with E-state index in [-0.39, 0.29) is 30.0 Å². The van der Waals surface area contributed by atoms with Crippen molar-refractivity contribution in [2.24, 2.45) is 0 Å². The van der Waals surface area contributed by atoms with Crippen LogP contribution in [0.2, 0.25) is 10.0 Å². The highest BCUT2D eigenvalue weighted by Gasteiger charge is 2.13. The molecule has 0 fully saturated rings. The highest BCUT2D eigenvalue weighted by Crippen LogP contribution is 2.21. The predicted molar refractivity (Wildman–Crippen MR) is 94.3 cm³/mol. The first-order valence-corrected chi connectivity index (χ1v) is 8.45. The van der Waals surface area contributed by atoms with Crippen molar-refractivity contribution in [1.82, 2.24) is 10.1 Å². The van der Waals surface area contributed by atoms with Crippen molar-refractivity contribution in [2.75, 3.05) is 0 Å². The quantitative estimate of drug-likeness (QED) is 0.558. The van der Waals surface area contributed by atoms with E-state index in [4.69, 9.17) is 32.5 Å². The van der Waals surface area contributed by atoms with Gasteiger partial charge in [-0.2, -0.15) is 4.98 Å². The molecule has 0 aliphatic heterocycles. The summed E-state index contributed by atoms with van der Waals surface area (Å²) in [5.74, 6) is -0.329. The zero-order valence-electron chi connectivity index (χ0n) is 13.4. The molecule has 26 heavy (non-hydrogen) atoms. The molecule has 0 aliphatic carbocycles. The summed E-state index contributed by atoms with van der Waals surface area (Å²) >= 11 is 11.7. The summed E-state index contributed by atoms with van der Waals surface area (Å²) in [6.07, 6.45) is 0.235. The highest BCUT2D eigenvalue weighted by atomic mass is 35.5. The van der Waals surface area contributed by atoms with Gasteiger partial charge in [-0.3, -0.25) is 4.79 Å². The Bertz CT molecular complexity index is 893. The first-order valence-electron chi connectivity index (χ1n) is 7.70. The molecule has 0 bridgehead atoms. The molecule has 0 unspecified atom stereocenters. The second kappa shape index (κ2) is 8.29. The lowest BCUT2D eigenvalue weighted by Gasteiger charge is -2.06. The molecule has 1 heterocycles. The Labute approximate surface area is 158 Å². The second-order valence-electron chi connectivity index (χ2n) is 5.38. The van der Waals surface area contributed by atoms with Crippen molar-refractivity contribution in [3.8, 4) is 11.4 Å². The lowest BCUT2D eigenvalue weighted by molar-refractivity contribution is -0.145. The summed E-state index contributed by atoms with van der Waals surface area (Å²) in [5.41, 5.74) is 0.895. The molecule has 0 saturated carbocycles. The predicted octanol–water partition coefficient (Wildman–Crippen LogP) is 4.86. The number of rotatable bonds is 6. The van der Waals surface area contributed by atoms with Gasteiger partial charge in [-0.05, 0) is 36.4 Å². The Balaban J connectivity index is 1.53. The van der Waals surface area contributed by atoms with Crippen LogP contribution in [-0.4, -0.2) is 16.1 Å². The summed E-state index contributed by atoms with van der Waals surface area (Å²) in [6.45, 7) is -0.232. The van der Waals surface area contributed by atoms with E-state index in [1.54, 1.807) is 24.3 Å². The van der Waals surface area contributed by atoms with Crippen molar-refractivity contribution < 1.29 is 18.4 Å². The van der Waals surface area contributed by atoms with Gasteiger partial charge in [0.2, 0.25) is 11.7 Å². The van der Waals surface area contributed by atoms with Crippen molar-refractivity contribution >= 4 is 29.2 Å². The van der Waals surface area contributed by atoms with E-state index in [9.17, 15) is 9.18 Å². The maximum absolute atomic E-state index is 13.6. The van der Waals surface area contributed by atoms with Crippen molar-refractivity contribution in [1.29, 1.82) is 0 Å². The van der Waals surface area contributed by atoms with Crippen LogP contribution in [0.25, 0.3) is 11.4 Å². The van der Waals surface area contributed by atoms with Crippen LogP contribution in [0.3, 0.4) is 0 Å². The van der Waals surface area contributed by atoms with Gasteiger partial charge in [0, 0.05) is 22.6 Å². The number of carbonyl (C=O) groups is 1. The number of aryl methyl sites for hydroxylation is 1. The van der Waals surface area contributed by atoms with E-state index < -0.39 is 11.8 Å². The minimum absolute atomic E-state index is 0.0221. The third kappa shape index (κ3) is 4.59. The number of nitrogens with zero attached hydrogens (tertiary/aromatic N) is 2. The van der Waals surface area contributed by atoms with E-state index in [1.807, 2.05) is 0 Å². The monoisotopic (exact) mass is 394 g/mol. The minimum atomic E-state index is -0.519. The van der Waals surface area contributed by atoms with E-state index >= 15 is 0 Å². The molecule has 0 aliphatic rings. The van der Waals surface area contributed by atoms with Crippen LogP contribution in [0.15, 0.2) is 47.0 Å². The smallest absolute Gasteiger partial charge is 0.306 e. The van der Waals surface area contributed by atoms with Crippen molar-refractivity contribution in [3.05, 3.63) is 69.8 Å². The minimum Gasteiger partial charge on any atom is -0.461 e. The molecule has 0 saturated heterocycles. The van der Waals surface area contributed by atoms with Gasteiger partial charge >= 0.3 is 5.97 Å². The molecule has 3 aromatic rings. The number of halogens is 3. The van der Waals surface area contributed by atoms with Crippen LogP contribution < -0.4 is 0 Å². The molecule has 0 N–H and O–H groups in total. The lowest BCUT2D eigenvalue weighted by Crippen LogP contribution is -2.07. The first-order chi connectivity index (χ1) is 12.5. The number of esters is 1. The zero-order chi connectivity index (χ0) is 18.5. The average molecular weight is 395 g/mol. The number of carbonyl (C=O) groups excluding carboxylic acids is 1. The van der Waals surface area contributed by atoms with Gasteiger partial charge in [0.05, 0.1) is 11.4 Å². The molecular formula is C18H13Cl2FN2O3. The van der Waals surface area contributed by atoms with Crippen LogP contribution in [-0.2, 0) is 22.6 Å². The molecule has 0 radical (unpaired) electrons. The van der Waals surface area contributed by atoms with E-state index in [1.165, 1.54) is 18.2 Å². The number of ether oxygens (including phenoxy) is 1. The summed E-state index contributed by atoms with van der Waals surface area (Å²) in [7, 11) is 0. The molecule has 1 aromatic heterocycles. The SMILES string of the molecule is O=C(CCc1nc(-c2ccc(Cl)cc2)no1)OCc1c(F)cccc1Cl. The molecule has 134 valence electrons. The Morgan fingerprint density at radius 3 is 2.65 bits per heavy atom. The Morgan fingerprint density at radius 1 is 1.15 bits per heavy atom. The molecule has 8 heteroatoms. The van der Waals surface area contributed by atoms with E-state index in [0.717, 1.165) is 5.56 Å². The molecule has 5 nitrogen and oxygen atoms in total. The molecule has 2 aromatic carbocycles. The van der Waals surface area contributed by atoms with Crippen molar-refractivity contribution in [2.45, 2.75) is 19.4 Å². The Kier molecular flexibility index (Phi) is 5.85. The fourth-order valence-electron chi connectivity index (χ4n) is 2.18. The molecule has 0 spiro atoms. The van der Waals surface area contributed by atoms with Gasteiger partial charge in [0.25, 0.3) is 0 Å². The number of hydrogen-bond acceptors (Lipinski definition) is 5. The van der Waals surface area contributed by atoms with Gasteiger partial charge in [0.15, 0.2) is 0 Å². The summed E-state index contributed by atoms with van der Waals surface area (Å²) in [5, 5.41) is 4.68. The maximum Gasteiger partial charge on any atom is 0.306 e. The van der Waals surface area contributed by atoms with Gasteiger partial charge in [-0.15, -0.1) is 0 Å². The fourth-order valence-corrected chi connectivity index (χ4v) is 2.52. The lowest BCUT2D eigenvalue weighted by atomic mass is 10.2. The van der Waals surface area contributed by atoms with E-state index in [0.29, 0.717) is 16.7 Å². The van der Waals surface area contributed by atoms with Crippen LogP contribution in [0.1, 0.15) is 17.9 Å². The van der Waals surface area contributed by atoms with Crippen molar-refractivity contribution in [3.63, 3.8) is 0 Å². The van der Waals surface area contributed by atoms with Gasteiger partial charge in [-0.1, -0.05) is 34.4 Å². The third-order valence-corrected chi connectivity index (χ3v) is 4.16. The summed E-state index contributed by atoms with van der Waals surface area (Å²) in [6, 6.07) is 11.2. The fraction of sp³-hybridized carbons (Fsp3) is 0.167. The summed E-state index contributed by atoms with van der Waals surface area (Å²) < 4.78 is 23.8. The highest BCUT2D eigenvalue weighted by molar-refractivity contribution is 6.31. The standard InChI is InChI=1S/C18H13Cl2FN2O3/c19-12-6-4-11(5-7-12)18-22-16(26-23-18)8-9-17(24)25-10-13-14(20)2-1-3-15(13)21/h1-7H,8-10H2. The number of aromatic nitrogens is 2. The van der Waals surface area contributed by atoms with Crippen LogP contribution in [0.5, 0.6) is 0 Å². The Morgan fingerprint density at radius 2 is 1.92 bits per heavy atom. The molecule has 0 atom stereocenters. The molecule has 3 rings (SSSR count). The molecular weight excluding hydrogens is 382 g/mol. The molecule has 0 amide bonds. The normalized spacial score (nSPS) is 10.7. The van der Waals surface area contributed by atoms with Crippen LogP contribution in [0.4, 0.5) is 4.39 Å². The van der Waals surface area contributed by atoms with Gasteiger partial charge < -0.3 is 9.26 Å². The second-order valence-corrected chi connectivity index (χ2v) is 6.22. The summed E-state index contributed by atoms with van der Waals surface area (Å²) in [4.78, 5) is 16.1. The maximum atomic E-state index is 13.6. The largest absolute Gasteiger partial charge is 0.461 e. The van der Waals surface area contributed by atoms with Crippen LogP contribution in [0, 0.1) is 5.82 Å². The van der Waals surface area contributed by atoms with Gasteiger partial charge in [0.1, 0.15) is 12.4 Å². The van der Waals surface area contributed by atoms with Gasteiger partial charge in [-0.25, -0.2) is 4.39 Å². The van der Waals surface area contributed by atoms with E-state index in [2.05, 4.69) is 10.1 Å². The first kappa shape index (κ1) is 18.4. The zero-order valence-corrected chi connectivity index (χ0v) is 14.9.